The minimum atomic E-state index is -1.10. The Balaban J connectivity index is 4.54. The molecule has 0 spiro atoms. The van der Waals surface area contributed by atoms with Crippen molar-refractivity contribution in [2.45, 2.75) is 130 Å². The van der Waals surface area contributed by atoms with Gasteiger partial charge in [0.05, 0.1) is 19.6 Å². The Labute approximate surface area is 191 Å². The van der Waals surface area contributed by atoms with Gasteiger partial charge in [-0.1, -0.05) is 91.9 Å². The van der Waals surface area contributed by atoms with Crippen LogP contribution in [0.15, 0.2) is 0 Å². The number of rotatable bonds is 22. The quantitative estimate of drug-likeness (QED) is 0.109. The van der Waals surface area contributed by atoms with Crippen LogP contribution in [0.3, 0.4) is 0 Å². The van der Waals surface area contributed by atoms with Crippen molar-refractivity contribution in [1.82, 2.24) is 0 Å². The molecule has 0 aliphatic carbocycles. The van der Waals surface area contributed by atoms with Crippen molar-refractivity contribution in [3.8, 4) is 0 Å². The van der Waals surface area contributed by atoms with E-state index in [0.717, 1.165) is 12.8 Å². The van der Waals surface area contributed by atoms with Crippen LogP contribution in [0.25, 0.3) is 0 Å². The topological polar surface area (TPSA) is 72.8 Å². The van der Waals surface area contributed by atoms with E-state index in [0.29, 0.717) is 25.0 Å². The number of Topliss-reactive ketones (excluding diaryl/α,β-unsaturated/α-hetero) is 1. The monoisotopic (exact) mass is 442 g/mol. The van der Waals surface area contributed by atoms with Crippen LogP contribution in [0.5, 0.6) is 0 Å². The molecule has 0 saturated carbocycles. The molecule has 0 saturated heterocycles. The molecule has 31 heavy (non-hydrogen) atoms. The van der Waals surface area contributed by atoms with Crippen molar-refractivity contribution >= 4 is 11.8 Å². The first-order chi connectivity index (χ1) is 14.7. The second-order valence-electron chi connectivity index (χ2n) is 9.66. The minimum Gasteiger partial charge on any atom is -0.481 e. The number of carboxylic acids is 1. The molecule has 0 radical (unpaired) electrons. The number of aliphatic carboxylic acids is 1. The Kier molecular flexibility index (Phi) is 18.0. The minimum absolute atomic E-state index is 0.0221. The van der Waals surface area contributed by atoms with E-state index in [1.807, 2.05) is 0 Å². The molecule has 0 heterocycles. The van der Waals surface area contributed by atoms with Crippen molar-refractivity contribution in [3.63, 3.8) is 0 Å². The van der Waals surface area contributed by atoms with Gasteiger partial charge < -0.3 is 14.6 Å². The highest BCUT2D eigenvalue weighted by Gasteiger charge is 2.31. The molecule has 0 aromatic heterocycles. The molecule has 2 unspecified atom stereocenters. The highest BCUT2D eigenvalue weighted by atomic mass is 16.7. The van der Waals surface area contributed by atoms with E-state index in [2.05, 4.69) is 27.7 Å². The SMILES string of the molecule is CCCCCCCC(C)COC(C)(CC(=O)CC(=O)O)OCC(C)CCCCCCC. The Bertz CT molecular complexity index is 439. The lowest BCUT2D eigenvalue weighted by Gasteiger charge is -2.32. The molecule has 0 aliphatic rings. The van der Waals surface area contributed by atoms with Crippen LogP contribution in [0.1, 0.15) is 125 Å². The van der Waals surface area contributed by atoms with Gasteiger partial charge in [-0.15, -0.1) is 0 Å². The van der Waals surface area contributed by atoms with Gasteiger partial charge in [-0.2, -0.15) is 0 Å². The molecular weight excluding hydrogens is 392 g/mol. The van der Waals surface area contributed by atoms with E-state index in [1.54, 1.807) is 6.92 Å². The van der Waals surface area contributed by atoms with Crippen LogP contribution >= 0.6 is 0 Å². The summed E-state index contributed by atoms with van der Waals surface area (Å²) in [6.07, 6.45) is 14.2. The summed E-state index contributed by atoms with van der Waals surface area (Å²) in [6, 6.07) is 0. The predicted molar refractivity (Wildman–Crippen MR) is 127 cm³/mol. The molecule has 1 N–H and O–H groups in total. The first-order valence-electron chi connectivity index (χ1n) is 12.7. The highest BCUT2D eigenvalue weighted by Crippen LogP contribution is 2.24. The molecule has 5 nitrogen and oxygen atoms in total. The van der Waals surface area contributed by atoms with Gasteiger partial charge in [-0.3, -0.25) is 9.59 Å². The summed E-state index contributed by atoms with van der Waals surface area (Å²) in [5.74, 6) is -1.74. The Morgan fingerprint density at radius 1 is 0.774 bits per heavy atom. The van der Waals surface area contributed by atoms with Crippen LogP contribution in [0, 0.1) is 11.8 Å². The van der Waals surface area contributed by atoms with Gasteiger partial charge in [0.25, 0.3) is 0 Å². The average Bonchev–Trinajstić information content (AvgIpc) is 2.70. The van der Waals surface area contributed by atoms with Gasteiger partial charge in [0.1, 0.15) is 12.2 Å². The average molecular weight is 443 g/mol. The number of carbonyl (C=O) groups excluding carboxylic acids is 1. The molecule has 184 valence electrons. The first-order valence-corrected chi connectivity index (χ1v) is 12.7. The molecule has 2 atom stereocenters. The molecule has 0 aliphatic heterocycles. The zero-order chi connectivity index (χ0) is 23.5. The van der Waals surface area contributed by atoms with Crippen molar-refractivity contribution in [3.05, 3.63) is 0 Å². The fraction of sp³-hybridized carbons (Fsp3) is 0.923. The van der Waals surface area contributed by atoms with Gasteiger partial charge >= 0.3 is 5.97 Å². The van der Waals surface area contributed by atoms with E-state index < -0.39 is 18.2 Å². The second kappa shape index (κ2) is 18.6. The number of hydrogen-bond donors (Lipinski definition) is 1. The number of carbonyl (C=O) groups is 2. The van der Waals surface area contributed by atoms with E-state index >= 15 is 0 Å². The van der Waals surface area contributed by atoms with Gasteiger partial charge in [-0.05, 0) is 31.6 Å². The second-order valence-corrected chi connectivity index (χ2v) is 9.66. The normalized spacial score (nSPS) is 15.4. The number of ketones is 1. The zero-order valence-electron chi connectivity index (χ0n) is 21.0. The standard InChI is InChI=1S/C26H50O5/c1-6-8-10-12-14-16-22(3)20-30-26(5,19-24(27)18-25(28)29)31-21-23(4)17-15-13-11-9-7-2/h22-23H,6-21H2,1-5H3,(H,28,29). The molecule has 0 rings (SSSR count). The lowest BCUT2D eigenvalue weighted by Crippen LogP contribution is -2.38. The summed E-state index contributed by atoms with van der Waals surface area (Å²) >= 11 is 0. The molecule has 0 aromatic rings. The van der Waals surface area contributed by atoms with Crippen molar-refractivity contribution in [2.75, 3.05) is 13.2 Å². The Hall–Kier alpha value is -0.940. The third-order valence-corrected chi connectivity index (χ3v) is 5.81. The number of carboxylic acid groups (broad SMARTS) is 1. The fourth-order valence-corrected chi connectivity index (χ4v) is 3.73. The van der Waals surface area contributed by atoms with Gasteiger partial charge in [-0.25, -0.2) is 0 Å². The molecule has 0 bridgehead atoms. The van der Waals surface area contributed by atoms with Crippen molar-refractivity contribution in [1.29, 1.82) is 0 Å². The molecule has 0 fully saturated rings. The van der Waals surface area contributed by atoms with Crippen LogP contribution in [0.4, 0.5) is 0 Å². The summed E-state index contributed by atoms with van der Waals surface area (Å²) < 4.78 is 12.2. The maximum absolute atomic E-state index is 12.2. The van der Waals surface area contributed by atoms with Gasteiger partial charge in [0, 0.05) is 0 Å². The molecule has 0 aromatic carbocycles. The van der Waals surface area contributed by atoms with Crippen LogP contribution in [0.2, 0.25) is 0 Å². The van der Waals surface area contributed by atoms with E-state index in [-0.39, 0.29) is 12.2 Å². The smallest absolute Gasteiger partial charge is 0.310 e. The maximum Gasteiger partial charge on any atom is 0.310 e. The third-order valence-electron chi connectivity index (χ3n) is 5.81. The Morgan fingerprint density at radius 3 is 1.58 bits per heavy atom. The van der Waals surface area contributed by atoms with E-state index in [9.17, 15) is 9.59 Å². The lowest BCUT2D eigenvalue weighted by atomic mass is 10.0. The number of hydrogen-bond acceptors (Lipinski definition) is 4. The molecule has 5 heteroatoms. The van der Waals surface area contributed by atoms with E-state index in [1.165, 1.54) is 64.2 Å². The third kappa shape index (κ3) is 18.3. The lowest BCUT2D eigenvalue weighted by molar-refractivity contribution is -0.237. The molecular formula is C26H50O5. The summed E-state index contributed by atoms with van der Waals surface area (Å²) in [6.45, 7) is 11.6. The highest BCUT2D eigenvalue weighted by molar-refractivity contribution is 5.95. The van der Waals surface area contributed by atoms with Crippen LogP contribution in [-0.2, 0) is 19.1 Å². The predicted octanol–water partition coefficient (Wildman–Crippen LogP) is 7.16. The zero-order valence-corrected chi connectivity index (χ0v) is 21.0. The van der Waals surface area contributed by atoms with Gasteiger partial charge in [0.15, 0.2) is 5.79 Å². The summed E-state index contributed by atoms with van der Waals surface area (Å²) in [5.41, 5.74) is 0. The van der Waals surface area contributed by atoms with Crippen LogP contribution in [-0.4, -0.2) is 35.9 Å². The fourth-order valence-electron chi connectivity index (χ4n) is 3.73. The first kappa shape index (κ1) is 30.1. The number of ether oxygens (including phenoxy) is 2. The summed E-state index contributed by atoms with van der Waals surface area (Å²) in [4.78, 5) is 23.1. The van der Waals surface area contributed by atoms with Crippen molar-refractivity contribution in [2.24, 2.45) is 11.8 Å². The maximum atomic E-state index is 12.2. The summed E-state index contributed by atoms with van der Waals surface area (Å²) in [5, 5.41) is 8.93. The Morgan fingerprint density at radius 2 is 1.19 bits per heavy atom. The summed E-state index contributed by atoms with van der Waals surface area (Å²) in [7, 11) is 0. The number of unbranched alkanes of at least 4 members (excludes halogenated alkanes) is 8. The van der Waals surface area contributed by atoms with Crippen molar-refractivity contribution < 1.29 is 24.2 Å². The van der Waals surface area contributed by atoms with E-state index in [4.69, 9.17) is 14.6 Å². The molecule has 0 amide bonds. The van der Waals surface area contributed by atoms with Gasteiger partial charge in [0.2, 0.25) is 0 Å². The largest absolute Gasteiger partial charge is 0.481 e. The van der Waals surface area contributed by atoms with Crippen LogP contribution < -0.4 is 0 Å².